The van der Waals surface area contributed by atoms with Crippen LogP contribution >= 0.6 is 0 Å². The average molecular weight is 352 g/mol. The minimum atomic E-state index is 0.517. The van der Waals surface area contributed by atoms with E-state index in [1.807, 2.05) is 0 Å². The number of morpholine rings is 1. The Labute approximate surface area is 157 Å². The summed E-state index contributed by atoms with van der Waals surface area (Å²) in [7, 11) is 0. The van der Waals surface area contributed by atoms with Crippen molar-refractivity contribution < 1.29 is 9.47 Å². The number of hydrogen-bond acceptors (Lipinski definition) is 3. The van der Waals surface area contributed by atoms with Crippen molar-refractivity contribution in [3.63, 3.8) is 0 Å². The van der Waals surface area contributed by atoms with E-state index in [4.69, 9.17) is 9.47 Å². The average Bonchev–Trinajstić information content (AvgIpc) is 2.68. The normalized spacial score (nSPS) is 15.5. The van der Waals surface area contributed by atoms with Gasteiger partial charge in [0.15, 0.2) is 0 Å². The summed E-state index contributed by atoms with van der Waals surface area (Å²) in [6.07, 6.45) is 0.996. The van der Waals surface area contributed by atoms with Crippen LogP contribution in [0.1, 0.15) is 25.0 Å². The van der Waals surface area contributed by atoms with E-state index in [9.17, 15) is 0 Å². The first-order chi connectivity index (χ1) is 12.7. The Kier molecular flexibility index (Phi) is 7.10. The molecule has 0 atom stereocenters. The maximum Gasteiger partial charge on any atom is 0.119 e. The van der Waals surface area contributed by atoms with E-state index in [1.54, 1.807) is 0 Å². The summed E-state index contributed by atoms with van der Waals surface area (Å²) in [6.45, 7) is 9.92. The molecule has 0 spiro atoms. The summed E-state index contributed by atoms with van der Waals surface area (Å²) >= 11 is 0. The highest BCUT2D eigenvalue weighted by molar-refractivity contribution is 5.39. The van der Waals surface area contributed by atoms with E-state index < -0.39 is 0 Å². The number of hydrogen-bond donors (Lipinski definition) is 0. The highest BCUT2D eigenvalue weighted by Gasteiger charge is 2.17. The topological polar surface area (TPSA) is 21.7 Å². The summed E-state index contributed by atoms with van der Waals surface area (Å²) < 4.78 is 11.3. The maximum absolute atomic E-state index is 5.93. The Balaban J connectivity index is 1.54. The molecule has 0 N–H and O–H groups in total. The largest absolute Gasteiger partial charge is 0.492 e. The Hall–Kier alpha value is -1.84. The van der Waals surface area contributed by atoms with E-state index in [2.05, 4.69) is 73.3 Å². The van der Waals surface area contributed by atoms with Crippen LogP contribution < -0.4 is 4.74 Å². The van der Waals surface area contributed by atoms with E-state index in [0.717, 1.165) is 51.6 Å². The lowest BCUT2D eigenvalue weighted by Gasteiger charge is -2.26. The monoisotopic (exact) mass is 352 g/mol. The van der Waals surface area contributed by atoms with Crippen molar-refractivity contribution in [2.45, 2.75) is 20.3 Å². The van der Waals surface area contributed by atoms with Gasteiger partial charge in [-0.15, -0.1) is 0 Å². The Morgan fingerprint density at radius 2 is 1.69 bits per heavy atom. The summed E-state index contributed by atoms with van der Waals surface area (Å²) in [5.74, 6) is 2.93. The van der Waals surface area contributed by atoms with Crippen LogP contribution in [0.25, 0.3) is 0 Å². The van der Waals surface area contributed by atoms with Crippen LogP contribution in [0.4, 0.5) is 0 Å². The van der Waals surface area contributed by atoms with E-state index >= 15 is 0 Å². The Morgan fingerprint density at radius 1 is 1.00 bits per heavy atom. The zero-order chi connectivity index (χ0) is 18.2. The minimum absolute atomic E-state index is 0.517. The molecule has 1 radical (unpaired) electrons. The first-order valence-electron chi connectivity index (χ1n) is 9.65. The molecule has 139 valence electrons. The van der Waals surface area contributed by atoms with Gasteiger partial charge in [0.2, 0.25) is 0 Å². The quantitative estimate of drug-likeness (QED) is 0.710. The van der Waals surface area contributed by atoms with Gasteiger partial charge >= 0.3 is 0 Å². The number of benzene rings is 2. The fourth-order valence-electron chi connectivity index (χ4n) is 3.34. The van der Waals surface area contributed by atoms with Crippen molar-refractivity contribution in [3.05, 3.63) is 71.6 Å². The molecule has 2 aromatic carbocycles. The molecule has 3 nitrogen and oxygen atoms in total. The summed E-state index contributed by atoms with van der Waals surface area (Å²) in [5, 5.41) is 0. The second kappa shape index (κ2) is 9.75. The number of rotatable bonds is 8. The molecule has 2 aromatic rings. The first-order valence-corrected chi connectivity index (χ1v) is 9.65. The van der Waals surface area contributed by atoms with Gasteiger partial charge in [-0.3, -0.25) is 4.90 Å². The standard InChI is InChI=1S/C23H30NO2/c1-19(2)23(18-20-6-4-3-5-7-20)21-8-10-22(11-9-21)26-17-14-24-12-15-25-16-13-24/h3-11,19H,12-18H2,1-2H3. The van der Waals surface area contributed by atoms with Crippen LogP contribution in [-0.4, -0.2) is 44.4 Å². The predicted molar refractivity (Wildman–Crippen MR) is 107 cm³/mol. The van der Waals surface area contributed by atoms with E-state index in [0.29, 0.717) is 5.92 Å². The van der Waals surface area contributed by atoms with E-state index in [-0.39, 0.29) is 0 Å². The molecule has 1 fully saturated rings. The molecule has 0 amide bonds. The van der Waals surface area contributed by atoms with Crippen molar-refractivity contribution in [2.75, 3.05) is 39.5 Å². The van der Waals surface area contributed by atoms with Crippen LogP contribution in [-0.2, 0) is 11.2 Å². The third-order valence-corrected chi connectivity index (χ3v) is 4.94. The lowest BCUT2D eigenvalue weighted by atomic mass is 9.83. The minimum Gasteiger partial charge on any atom is -0.492 e. The van der Waals surface area contributed by atoms with Gasteiger partial charge < -0.3 is 9.47 Å². The second-order valence-electron chi connectivity index (χ2n) is 7.17. The Bertz CT molecular complexity index is 633. The Morgan fingerprint density at radius 3 is 2.35 bits per heavy atom. The molecule has 26 heavy (non-hydrogen) atoms. The summed E-state index contributed by atoms with van der Waals surface area (Å²) in [6, 6.07) is 19.3. The van der Waals surface area contributed by atoms with Gasteiger partial charge in [-0.1, -0.05) is 56.3 Å². The molecule has 3 rings (SSSR count). The van der Waals surface area contributed by atoms with Gasteiger partial charge in [0, 0.05) is 25.6 Å². The summed E-state index contributed by atoms with van der Waals surface area (Å²) in [4.78, 5) is 2.39. The molecule has 1 aliphatic heterocycles. The number of nitrogens with zero attached hydrogens (tertiary/aromatic N) is 1. The van der Waals surface area contributed by atoms with Crippen molar-refractivity contribution in [1.29, 1.82) is 0 Å². The zero-order valence-corrected chi connectivity index (χ0v) is 16.0. The lowest BCUT2D eigenvalue weighted by Crippen LogP contribution is -2.38. The number of ether oxygens (including phenoxy) is 2. The van der Waals surface area contributed by atoms with Gasteiger partial charge in [-0.2, -0.15) is 0 Å². The van der Waals surface area contributed by atoms with Crippen LogP contribution in [0.5, 0.6) is 5.75 Å². The predicted octanol–water partition coefficient (Wildman–Crippen LogP) is 4.22. The van der Waals surface area contributed by atoms with Gasteiger partial charge in [0.25, 0.3) is 0 Å². The molecular formula is C23H30NO2. The van der Waals surface area contributed by atoms with Crippen molar-refractivity contribution in [2.24, 2.45) is 5.92 Å². The van der Waals surface area contributed by atoms with Crippen LogP contribution in [0, 0.1) is 11.8 Å². The summed E-state index contributed by atoms with van der Waals surface area (Å²) in [5.41, 5.74) is 2.67. The molecular weight excluding hydrogens is 322 g/mol. The fourth-order valence-corrected chi connectivity index (χ4v) is 3.34. The molecule has 1 saturated heterocycles. The third kappa shape index (κ3) is 5.58. The van der Waals surface area contributed by atoms with Crippen molar-refractivity contribution in [3.8, 4) is 5.75 Å². The van der Waals surface area contributed by atoms with Gasteiger partial charge in [-0.05, 0) is 35.6 Å². The smallest absolute Gasteiger partial charge is 0.119 e. The van der Waals surface area contributed by atoms with Crippen LogP contribution in [0.2, 0.25) is 0 Å². The van der Waals surface area contributed by atoms with Gasteiger partial charge in [0.05, 0.1) is 13.2 Å². The molecule has 3 heteroatoms. The third-order valence-electron chi connectivity index (χ3n) is 4.94. The zero-order valence-electron chi connectivity index (χ0n) is 16.0. The van der Waals surface area contributed by atoms with Gasteiger partial charge in [0.1, 0.15) is 12.4 Å². The molecule has 1 aliphatic rings. The molecule has 1 heterocycles. The molecule has 0 unspecified atom stereocenters. The highest BCUT2D eigenvalue weighted by atomic mass is 16.5. The lowest BCUT2D eigenvalue weighted by molar-refractivity contribution is 0.0322. The van der Waals surface area contributed by atoms with Gasteiger partial charge in [-0.25, -0.2) is 0 Å². The SMILES string of the molecule is CC(C)[C](Cc1ccccc1)c1ccc(OCCN2CCOCC2)cc1. The molecule has 0 saturated carbocycles. The maximum atomic E-state index is 5.93. The second-order valence-corrected chi connectivity index (χ2v) is 7.17. The van der Waals surface area contributed by atoms with E-state index in [1.165, 1.54) is 17.0 Å². The molecule has 0 aromatic heterocycles. The highest BCUT2D eigenvalue weighted by Crippen LogP contribution is 2.28. The van der Waals surface area contributed by atoms with Crippen LogP contribution in [0.15, 0.2) is 54.6 Å². The fraction of sp³-hybridized carbons (Fsp3) is 0.435. The first kappa shape index (κ1) is 18.9. The molecule has 0 bridgehead atoms. The van der Waals surface area contributed by atoms with Crippen molar-refractivity contribution >= 4 is 0 Å². The van der Waals surface area contributed by atoms with Crippen molar-refractivity contribution in [1.82, 2.24) is 4.90 Å². The molecule has 0 aliphatic carbocycles. The van der Waals surface area contributed by atoms with Crippen LogP contribution in [0.3, 0.4) is 0 Å².